The Morgan fingerprint density at radius 3 is 2.90 bits per heavy atom. The standard InChI is InChI=1S/C14H14ClFN2O2/c1-3-11-8(2)18-20-14(11)17-13(19)6-9-4-5-10(16)7-12(9)15/h4-5,7H,3,6H2,1-2H3,(H,17,19). The van der Waals surface area contributed by atoms with Gasteiger partial charge in [0.2, 0.25) is 11.8 Å². The van der Waals surface area contributed by atoms with Crippen molar-refractivity contribution in [1.29, 1.82) is 0 Å². The highest BCUT2D eigenvalue weighted by Gasteiger charge is 2.15. The molecule has 0 aliphatic heterocycles. The van der Waals surface area contributed by atoms with E-state index in [-0.39, 0.29) is 17.4 Å². The van der Waals surface area contributed by atoms with Crippen LogP contribution in [0.1, 0.15) is 23.7 Å². The van der Waals surface area contributed by atoms with Crippen LogP contribution in [0.5, 0.6) is 0 Å². The first kappa shape index (κ1) is 14.5. The number of halogens is 2. The highest BCUT2D eigenvalue weighted by atomic mass is 35.5. The molecule has 1 aromatic carbocycles. The zero-order valence-corrected chi connectivity index (χ0v) is 11.9. The number of nitrogens with one attached hydrogen (secondary N) is 1. The van der Waals surface area contributed by atoms with Crippen LogP contribution in [0.15, 0.2) is 22.7 Å². The summed E-state index contributed by atoms with van der Waals surface area (Å²) in [5, 5.41) is 6.69. The monoisotopic (exact) mass is 296 g/mol. The van der Waals surface area contributed by atoms with Crippen molar-refractivity contribution in [2.45, 2.75) is 26.7 Å². The molecule has 0 radical (unpaired) electrons. The van der Waals surface area contributed by atoms with Crippen molar-refractivity contribution in [3.05, 3.63) is 45.9 Å². The van der Waals surface area contributed by atoms with Gasteiger partial charge in [-0.15, -0.1) is 0 Å². The second-order valence-corrected chi connectivity index (χ2v) is 4.80. The molecule has 0 aliphatic rings. The topological polar surface area (TPSA) is 55.1 Å². The van der Waals surface area contributed by atoms with Crippen LogP contribution in [0.4, 0.5) is 10.3 Å². The van der Waals surface area contributed by atoms with E-state index in [1.807, 2.05) is 13.8 Å². The van der Waals surface area contributed by atoms with Crippen LogP contribution in [0.25, 0.3) is 0 Å². The van der Waals surface area contributed by atoms with Crippen molar-refractivity contribution >= 4 is 23.4 Å². The number of hydrogen-bond donors (Lipinski definition) is 1. The molecule has 106 valence electrons. The summed E-state index contributed by atoms with van der Waals surface area (Å²) in [4.78, 5) is 11.9. The van der Waals surface area contributed by atoms with Gasteiger partial charge in [-0.25, -0.2) is 4.39 Å². The van der Waals surface area contributed by atoms with Crippen molar-refractivity contribution in [2.75, 3.05) is 5.32 Å². The molecule has 0 aliphatic carbocycles. The van der Waals surface area contributed by atoms with Crippen molar-refractivity contribution in [1.82, 2.24) is 5.16 Å². The Kier molecular flexibility index (Phi) is 4.39. The zero-order valence-electron chi connectivity index (χ0n) is 11.2. The maximum absolute atomic E-state index is 12.9. The van der Waals surface area contributed by atoms with Gasteiger partial charge in [-0.05, 0) is 31.0 Å². The summed E-state index contributed by atoms with van der Waals surface area (Å²) in [5.41, 5.74) is 2.17. The fraction of sp³-hybridized carbons (Fsp3) is 0.286. The minimum atomic E-state index is -0.432. The molecule has 0 spiro atoms. The van der Waals surface area contributed by atoms with Crippen LogP contribution in [0.2, 0.25) is 5.02 Å². The maximum Gasteiger partial charge on any atom is 0.234 e. The number of aryl methyl sites for hydroxylation is 1. The lowest BCUT2D eigenvalue weighted by atomic mass is 10.1. The normalized spacial score (nSPS) is 10.6. The molecular formula is C14H14ClFN2O2. The van der Waals surface area contributed by atoms with Gasteiger partial charge >= 0.3 is 0 Å². The highest BCUT2D eigenvalue weighted by Crippen LogP contribution is 2.21. The summed E-state index contributed by atoms with van der Waals surface area (Å²) in [5.74, 6) is -0.365. The van der Waals surface area contributed by atoms with Gasteiger partial charge in [0.25, 0.3) is 0 Å². The number of benzene rings is 1. The van der Waals surface area contributed by atoms with E-state index in [2.05, 4.69) is 10.5 Å². The summed E-state index contributed by atoms with van der Waals surface area (Å²) >= 11 is 5.88. The number of rotatable bonds is 4. The molecule has 0 saturated carbocycles. The van der Waals surface area contributed by atoms with Gasteiger partial charge in [-0.3, -0.25) is 10.1 Å². The van der Waals surface area contributed by atoms with Crippen LogP contribution in [-0.2, 0) is 17.6 Å². The molecule has 1 N–H and O–H groups in total. The summed E-state index contributed by atoms with van der Waals surface area (Å²) in [6, 6.07) is 3.94. The Balaban J connectivity index is 2.09. The Bertz CT molecular complexity index is 640. The van der Waals surface area contributed by atoms with E-state index in [0.29, 0.717) is 17.9 Å². The molecule has 1 amide bonds. The third-order valence-corrected chi connectivity index (χ3v) is 3.31. The van der Waals surface area contributed by atoms with Crippen molar-refractivity contribution in [2.24, 2.45) is 0 Å². The average molecular weight is 297 g/mol. The van der Waals surface area contributed by atoms with E-state index in [1.165, 1.54) is 18.2 Å². The molecule has 20 heavy (non-hydrogen) atoms. The van der Waals surface area contributed by atoms with Crippen molar-refractivity contribution in [3.63, 3.8) is 0 Å². The zero-order chi connectivity index (χ0) is 14.7. The van der Waals surface area contributed by atoms with Gasteiger partial charge in [0.1, 0.15) is 5.82 Å². The number of carbonyl (C=O) groups is 1. The highest BCUT2D eigenvalue weighted by molar-refractivity contribution is 6.31. The molecule has 0 saturated heterocycles. The lowest BCUT2D eigenvalue weighted by Crippen LogP contribution is -2.15. The molecule has 0 fully saturated rings. The van der Waals surface area contributed by atoms with Gasteiger partial charge in [-0.2, -0.15) is 0 Å². The molecule has 0 bridgehead atoms. The van der Waals surface area contributed by atoms with Gasteiger partial charge in [0.15, 0.2) is 0 Å². The minimum absolute atomic E-state index is 0.0437. The molecule has 2 aromatic rings. The Hall–Kier alpha value is -1.88. The summed E-state index contributed by atoms with van der Waals surface area (Å²) in [6.45, 7) is 3.76. The quantitative estimate of drug-likeness (QED) is 0.939. The fourth-order valence-corrected chi connectivity index (χ4v) is 2.15. The Labute approximate surface area is 120 Å². The number of hydrogen-bond acceptors (Lipinski definition) is 3. The smallest absolute Gasteiger partial charge is 0.234 e. The number of anilines is 1. The molecular weight excluding hydrogens is 283 g/mol. The maximum atomic E-state index is 12.9. The van der Waals surface area contributed by atoms with E-state index >= 15 is 0 Å². The number of aromatic nitrogens is 1. The summed E-state index contributed by atoms with van der Waals surface area (Å²) < 4.78 is 18.0. The van der Waals surface area contributed by atoms with Crippen LogP contribution in [0.3, 0.4) is 0 Å². The molecule has 2 rings (SSSR count). The van der Waals surface area contributed by atoms with Crippen molar-refractivity contribution in [3.8, 4) is 0 Å². The molecule has 6 heteroatoms. The number of nitrogens with zero attached hydrogens (tertiary/aromatic N) is 1. The first-order valence-corrected chi connectivity index (χ1v) is 6.58. The van der Waals surface area contributed by atoms with Gasteiger partial charge < -0.3 is 4.52 Å². The lowest BCUT2D eigenvalue weighted by Gasteiger charge is -2.05. The van der Waals surface area contributed by atoms with Gasteiger partial charge in [-0.1, -0.05) is 29.7 Å². The SMILES string of the molecule is CCc1c(C)noc1NC(=O)Cc1ccc(F)cc1Cl. The number of amides is 1. The predicted molar refractivity (Wildman–Crippen MR) is 74.4 cm³/mol. The van der Waals surface area contributed by atoms with E-state index in [0.717, 1.165) is 11.3 Å². The van der Waals surface area contributed by atoms with E-state index in [4.69, 9.17) is 16.1 Å². The summed E-state index contributed by atoms with van der Waals surface area (Å²) in [7, 11) is 0. The molecule has 4 nitrogen and oxygen atoms in total. The molecule has 0 atom stereocenters. The largest absolute Gasteiger partial charge is 0.338 e. The van der Waals surface area contributed by atoms with Gasteiger partial charge in [0, 0.05) is 10.6 Å². The Morgan fingerprint density at radius 2 is 2.25 bits per heavy atom. The third kappa shape index (κ3) is 3.17. The third-order valence-electron chi connectivity index (χ3n) is 2.96. The molecule has 0 unspecified atom stereocenters. The number of carbonyl (C=O) groups excluding carboxylic acids is 1. The van der Waals surface area contributed by atoms with E-state index in [9.17, 15) is 9.18 Å². The molecule has 1 aromatic heterocycles. The fourth-order valence-electron chi connectivity index (χ4n) is 1.91. The van der Waals surface area contributed by atoms with Crippen LogP contribution in [0, 0.1) is 12.7 Å². The van der Waals surface area contributed by atoms with Crippen LogP contribution < -0.4 is 5.32 Å². The average Bonchev–Trinajstić information content (AvgIpc) is 2.73. The van der Waals surface area contributed by atoms with Crippen molar-refractivity contribution < 1.29 is 13.7 Å². The molecule has 1 heterocycles. The lowest BCUT2D eigenvalue weighted by molar-refractivity contribution is -0.115. The minimum Gasteiger partial charge on any atom is -0.338 e. The first-order valence-electron chi connectivity index (χ1n) is 6.20. The second kappa shape index (κ2) is 6.05. The summed E-state index contributed by atoms with van der Waals surface area (Å²) in [6.07, 6.45) is 0.754. The predicted octanol–water partition coefficient (Wildman–Crippen LogP) is 3.52. The first-order chi connectivity index (χ1) is 9.51. The van der Waals surface area contributed by atoms with Crippen LogP contribution >= 0.6 is 11.6 Å². The van der Waals surface area contributed by atoms with Crippen LogP contribution in [-0.4, -0.2) is 11.1 Å². The second-order valence-electron chi connectivity index (χ2n) is 4.39. The van der Waals surface area contributed by atoms with E-state index in [1.54, 1.807) is 0 Å². The van der Waals surface area contributed by atoms with Gasteiger partial charge in [0.05, 0.1) is 12.1 Å². The Morgan fingerprint density at radius 1 is 1.50 bits per heavy atom. The van der Waals surface area contributed by atoms with E-state index < -0.39 is 5.82 Å².